The van der Waals surface area contributed by atoms with E-state index in [2.05, 4.69) is 39.1 Å². The molecule has 29 heavy (non-hydrogen) atoms. The number of ether oxygens (including phenoxy) is 2. The van der Waals surface area contributed by atoms with Crippen molar-refractivity contribution in [3.8, 4) is 0 Å². The van der Waals surface area contributed by atoms with Crippen LogP contribution in [0.4, 0.5) is 5.95 Å². The molecule has 0 saturated carbocycles. The van der Waals surface area contributed by atoms with Gasteiger partial charge in [-0.15, -0.1) is 0 Å². The molecule has 1 aliphatic heterocycles. The quantitative estimate of drug-likeness (QED) is 0.668. The van der Waals surface area contributed by atoms with Crippen LogP contribution in [-0.4, -0.2) is 47.8 Å². The summed E-state index contributed by atoms with van der Waals surface area (Å²) in [6.07, 6.45) is 6.74. The van der Waals surface area contributed by atoms with Crippen molar-refractivity contribution in [1.29, 1.82) is 0 Å². The SMILES string of the molecule is CC(C)(C)OC(=O)CCc1cccc(CCc2cnc(N3CCOCC3)nc2)c1. The van der Waals surface area contributed by atoms with Crippen molar-refractivity contribution in [2.75, 3.05) is 31.2 Å². The first-order chi connectivity index (χ1) is 13.9. The van der Waals surface area contributed by atoms with Crippen LogP contribution < -0.4 is 4.90 Å². The minimum atomic E-state index is -0.432. The predicted octanol–water partition coefficient (Wildman–Crippen LogP) is 3.37. The Bertz CT molecular complexity index is 794. The average molecular weight is 398 g/mol. The van der Waals surface area contributed by atoms with Gasteiger partial charge in [0.05, 0.1) is 13.2 Å². The third-order valence-corrected chi connectivity index (χ3v) is 4.72. The maximum atomic E-state index is 11.9. The molecule has 0 atom stereocenters. The summed E-state index contributed by atoms with van der Waals surface area (Å²) in [6, 6.07) is 8.42. The van der Waals surface area contributed by atoms with Crippen LogP contribution >= 0.6 is 0 Å². The lowest BCUT2D eigenvalue weighted by atomic mass is 10.0. The predicted molar refractivity (Wildman–Crippen MR) is 113 cm³/mol. The van der Waals surface area contributed by atoms with Gasteiger partial charge in [0.1, 0.15) is 5.60 Å². The fraction of sp³-hybridized carbons (Fsp3) is 0.522. The number of morpholine rings is 1. The number of hydrogen-bond acceptors (Lipinski definition) is 6. The fourth-order valence-corrected chi connectivity index (χ4v) is 3.27. The van der Waals surface area contributed by atoms with Gasteiger partial charge in [0.15, 0.2) is 0 Å². The monoisotopic (exact) mass is 397 g/mol. The molecule has 3 rings (SSSR count). The first-order valence-electron chi connectivity index (χ1n) is 10.3. The molecule has 0 N–H and O–H groups in total. The molecule has 6 nitrogen and oxygen atoms in total. The van der Waals surface area contributed by atoms with E-state index in [9.17, 15) is 4.79 Å². The molecule has 2 heterocycles. The van der Waals surface area contributed by atoms with E-state index in [0.717, 1.165) is 56.2 Å². The third-order valence-electron chi connectivity index (χ3n) is 4.72. The van der Waals surface area contributed by atoms with E-state index in [0.29, 0.717) is 12.8 Å². The van der Waals surface area contributed by atoms with Crippen LogP contribution in [0.1, 0.15) is 43.9 Å². The van der Waals surface area contributed by atoms with E-state index in [1.54, 1.807) is 0 Å². The Hall–Kier alpha value is -2.47. The molecule has 0 bridgehead atoms. The van der Waals surface area contributed by atoms with Gasteiger partial charge in [-0.3, -0.25) is 4.79 Å². The lowest BCUT2D eigenvalue weighted by Crippen LogP contribution is -2.37. The summed E-state index contributed by atoms with van der Waals surface area (Å²) in [5.74, 6) is 0.626. The zero-order chi connectivity index (χ0) is 20.7. The summed E-state index contributed by atoms with van der Waals surface area (Å²) < 4.78 is 10.8. The maximum Gasteiger partial charge on any atom is 0.306 e. The second kappa shape index (κ2) is 9.83. The van der Waals surface area contributed by atoms with Crippen LogP contribution in [0.3, 0.4) is 0 Å². The average Bonchev–Trinajstić information content (AvgIpc) is 2.71. The van der Waals surface area contributed by atoms with Crippen LogP contribution in [0.25, 0.3) is 0 Å². The van der Waals surface area contributed by atoms with Crippen molar-refractivity contribution >= 4 is 11.9 Å². The molecule has 156 valence electrons. The Kier molecular flexibility index (Phi) is 7.20. The van der Waals surface area contributed by atoms with Crippen LogP contribution in [-0.2, 0) is 33.5 Å². The summed E-state index contributed by atoms with van der Waals surface area (Å²) in [4.78, 5) is 23.1. The van der Waals surface area contributed by atoms with Crippen LogP contribution in [0.5, 0.6) is 0 Å². The van der Waals surface area contributed by atoms with E-state index < -0.39 is 5.60 Å². The summed E-state index contributed by atoms with van der Waals surface area (Å²) in [5.41, 5.74) is 3.11. The number of hydrogen-bond donors (Lipinski definition) is 0. The molecule has 0 radical (unpaired) electrons. The van der Waals surface area contributed by atoms with Crippen molar-refractivity contribution < 1.29 is 14.3 Å². The fourth-order valence-electron chi connectivity index (χ4n) is 3.27. The van der Waals surface area contributed by atoms with Gasteiger partial charge in [-0.05, 0) is 56.7 Å². The lowest BCUT2D eigenvalue weighted by molar-refractivity contribution is -0.154. The Morgan fingerprint density at radius 1 is 1.03 bits per heavy atom. The Balaban J connectivity index is 1.49. The normalized spacial score (nSPS) is 14.7. The van der Waals surface area contributed by atoms with Crippen molar-refractivity contribution in [1.82, 2.24) is 9.97 Å². The highest BCUT2D eigenvalue weighted by atomic mass is 16.6. The number of esters is 1. The number of anilines is 1. The van der Waals surface area contributed by atoms with Gasteiger partial charge in [0.2, 0.25) is 5.95 Å². The maximum absolute atomic E-state index is 11.9. The largest absolute Gasteiger partial charge is 0.460 e. The van der Waals surface area contributed by atoms with Crippen molar-refractivity contribution in [3.63, 3.8) is 0 Å². The van der Waals surface area contributed by atoms with Crippen molar-refractivity contribution in [2.45, 2.75) is 52.1 Å². The number of aryl methyl sites for hydroxylation is 3. The van der Waals surface area contributed by atoms with E-state index in [1.165, 1.54) is 5.56 Å². The minimum Gasteiger partial charge on any atom is -0.460 e. The summed E-state index contributed by atoms with van der Waals surface area (Å²) in [7, 11) is 0. The molecule has 2 aromatic rings. The lowest BCUT2D eigenvalue weighted by Gasteiger charge is -2.26. The standard InChI is InChI=1S/C23H31N3O3/c1-23(2,3)29-21(27)10-9-19-6-4-5-18(15-19)7-8-20-16-24-22(25-17-20)26-11-13-28-14-12-26/h4-6,15-17H,7-14H2,1-3H3. The van der Waals surface area contributed by atoms with Gasteiger partial charge in [0, 0.05) is 31.9 Å². The second-order valence-corrected chi connectivity index (χ2v) is 8.40. The number of nitrogens with zero attached hydrogens (tertiary/aromatic N) is 3. The van der Waals surface area contributed by atoms with Gasteiger partial charge < -0.3 is 14.4 Å². The molecule has 0 amide bonds. The summed E-state index contributed by atoms with van der Waals surface area (Å²) in [6.45, 7) is 8.82. The van der Waals surface area contributed by atoms with E-state index in [1.807, 2.05) is 33.2 Å². The molecule has 1 saturated heterocycles. The molecule has 1 aromatic carbocycles. The van der Waals surface area contributed by atoms with Gasteiger partial charge >= 0.3 is 5.97 Å². The van der Waals surface area contributed by atoms with Crippen molar-refractivity contribution in [2.24, 2.45) is 0 Å². The number of rotatable bonds is 7. The Labute approximate surface area is 173 Å². The van der Waals surface area contributed by atoms with E-state index in [4.69, 9.17) is 9.47 Å². The molecule has 6 heteroatoms. The highest BCUT2D eigenvalue weighted by molar-refractivity contribution is 5.70. The highest BCUT2D eigenvalue weighted by Gasteiger charge is 2.16. The van der Waals surface area contributed by atoms with Crippen LogP contribution in [0.2, 0.25) is 0 Å². The Morgan fingerprint density at radius 3 is 2.31 bits per heavy atom. The highest BCUT2D eigenvalue weighted by Crippen LogP contribution is 2.14. The third kappa shape index (κ3) is 7.13. The number of carbonyl (C=O) groups excluding carboxylic acids is 1. The summed E-state index contributed by atoms with van der Waals surface area (Å²) >= 11 is 0. The van der Waals surface area contributed by atoms with Gasteiger partial charge in [0.25, 0.3) is 0 Å². The molecule has 1 aromatic heterocycles. The molecular formula is C23H31N3O3. The van der Waals surface area contributed by atoms with E-state index >= 15 is 0 Å². The number of benzene rings is 1. The zero-order valence-corrected chi connectivity index (χ0v) is 17.7. The molecule has 1 fully saturated rings. The van der Waals surface area contributed by atoms with E-state index in [-0.39, 0.29) is 5.97 Å². The molecule has 0 aliphatic carbocycles. The van der Waals surface area contributed by atoms with Crippen molar-refractivity contribution in [3.05, 3.63) is 53.3 Å². The molecular weight excluding hydrogens is 366 g/mol. The van der Waals surface area contributed by atoms with Crippen LogP contribution in [0, 0.1) is 0 Å². The molecule has 0 unspecified atom stereocenters. The van der Waals surface area contributed by atoms with Gasteiger partial charge in [-0.25, -0.2) is 9.97 Å². The van der Waals surface area contributed by atoms with Crippen LogP contribution in [0.15, 0.2) is 36.7 Å². The summed E-state index contributed by atoms with van der Waals surface area (Å²) in [5, 5.41) is 0. The van der Waals surface area contributed by atoms with Gasteiger partial charge in [-0.2, -0.15) is 0 Å². The minimum absolute atomic E-state index is 0.152. The second-order valence-electron chi connectivity index (χ2n) is 8.40. The first-order valence-corrected chi connectivity index (χ1v) is 10.3. The topological polar surface area (TPSA) is 64.5 Å². The zero-order valence-electron chi connectivity index (χ0n) is 17.7. The smallest absolute Gasteiger partial charge is 0.306 e. The first kappa shape index (κ1) is 21.2. The Morgan fingerprint density at radius 2 is 1.66 bits per heavy atom. The number of carbonyl (C=O) groups is 1. The molecule has 0 spiro atoms. The number of aromatic nitrogens is 2. The molecule has 1 aliphatic rings. The van der Waals surface area contributed by atoms with Gasteiger partial charge in [-0.1, -0.05) is 24.3 Å².